The molecule has 1 amide bonds. The van der Waals surface area contributed by atoms with Gasteiger partial charge in [0.05, 0.1) is 15.5 Å². The molecule has 0 saturated carbocycles. The van der Waals surface area contributed by atoms with Crippen molar-refractivity contribution >= 4 is 45.0 Å². The second-order valence-corrected chi connectivity index (χ2v) is 7.83. The number of rotatable bonds is 6. The lowest BCUT2D eigenvalue weighted by Crippen LogP contribution is -2.25. The van der Waals surface area contributed by atoms with E-state index in [2.05, 4.69) is 5.32 Å². The van der Waals surface area contributed by atoms with Crippen LogP contribution in [0.25, 0.3) is 0 Å². The van der Waals surface area contributed by atoms with E-state index in [0.29, 0.717) is 5.69 Å². The predicted molar refractivity (Wildman–Crippen MR) is 103 cm³/mol. The van der Waals surface area contributed by atoms with Gasteiger partial charge < -0.3 is 10.1 Å². The van der Waals surface area contributed by atoms with Crippen LogP contribution in [-0.2, 0) is 19.6 Å². The molecule has 0 aliphatic rings. The molecular weight excluding hydrogens is 408 g/mol. The molecule has 0 spiro atoms. The van der Waals surface area contributed by atoms with Gasteiger partial charge in [-0.25, -0.2) is 18.4 Å². The minimum absolute atomic E-state index is 0.0447. The summed E-state index contributed by atoms with van der Waals surface area (Å²) in [6.45, 7) is 2.73. The molecule has 0 aromatic heterocycles. The van der Waals surface area contributed by atoms with Crippen molar-refractivity contribution < 1.29 is 27.5 Å². The molecule has 0 heterocycles. The Morgan fingerprint density at radius 1 is 1.11 bits per heavy atom. The van der Waals surface area contributed by atoms with Gasteiger partial charge in [-0.2, -0.15) is 0 Å². The fourth-order valence-electron chi connectivity index (χ4n) is 2.27. The quantitative estimate of drug-likeness (QED) is 0.540. The van der Waals surface area contributed by atoms with Gasteiger partial charge in [-0.05, 0) is 49.4 Å². The van der Waals surface area contributed by atoms with Crippen LogP contribution in [0.5, 0.6) is 0 Å². The number of ether oxygens (including phenoxy) is 1. The van der Waals surface area contributed by atoms with Crippen molar-refractivity contribution in [1.82, 2.24) is 0 Å². The Hall–Kier alpha value is -2.75. The van der Waals surface area contributed by atoms with E-state index in [-0.39, 0.29) is 27.0 Å². The highest BCUT2D eigenvalue weighted by Crippen LogP contribution is 2.22. The maximum absolute atomic E-state index is 12.4. The van der Waals surface area contributed by atoms with Crippen molar-refractivity contribution in [2.45, 2.75) is 24.8 Å². The van der Waals surface area contributed by atoms with E-state index >= 15 is 0 Å². The van der Waals surface area contributed by atoms with Crippen LogP contribution in [0, 0.1) is 0 Å². The summed E-state index contributed by atoms with van der Waals surface area (Å²) >= 11 is 5.92. The van der Waals surface area contributed by atoms with Gasteiger partial charge in [0.2, 0.25) is 21.7 Å². The monoisotopic (exact) mass is 424 g/mol. The third-order valence-corrected chi connectivity index (χ3v) is 4.87. The van der Waals surface area contributed by atoms with Crippen LogP contribution >= 0.6 is 11.6 Å². The van der Waals surface area contributed by atoms with E-state index in [9.17, 15) is 22.8 Å². The lowest BCUT2D eigenvalue weighted by atomic mass is 10.1. The second-order valence-electron chi connectivity index (χ2n) is 5.86. The first kappa shape index (κ1) is 21.5. The highest BCUT2D eigenvalue weighted by Gasteiger charge is 2.23. The van der Waals surface area contributed by atoms with Crippen molar-refractivity contribution in [3.63, 3.8) is 0 Å². The molecule has 0 fully saturated rings. The molecule has 2 aromatic rings. The average molecular weight is 425 g/mol. The highest BCUT2D eigenvalue weighted by molar-refractivity contribution is 7.89. The smallest absolute Gasteiger partial charge is 0.340 e. The zero-order valence-electron chi connectivity index (χ0n) is 14.9. The van der Waals surface area contributed by atoms with Crippen LogP contribution in [0.3, 0.4) is 0 Å². The van der Waals surface area contributed by atoms with Gasteiger partial charge in [0.15, 0.2) is 6.10 Å². The van der Waals surface area contributed by atoms with Gasteiger partial charge in [0, 0.05) is 18.2 Å². The number of esters is 1. The zero-order valence-corrected chi connectivity index (χ0v) is 16.5. The second kappa shape index (κ2) is 8.51. The Bertz CT molecular complexity index is 1030. The number of hydrogen-bond acceptors (Lipinski definition) is 6. The summed E-state index contributed by atoms with van der Waals surface area (Å²) in [6.07, 6.45) is -1.16. The summed E-state index contributed by atoms with van der Waals surface area (Å²) in [5, 5.41) is 7.56. The van der Waals surface area contributed by atoms with E-state index in [0.717, 1.165) is 12.1 Å². The number of nitrogens with one attached hydrogen (secondary N) is 1. The fourth-order valence-corrected chi connectivity index (χ4v) is 3.01. The molecule has 1 atom stereocenters. The highest BCUT2D eigenvalue weighted by atomic mass is 35.5. The standard InChI is InChI=1S/C18H17ClN2O6S/c1-10(17(23)12-3-5-13(6-4-12)21-11(2)22)27-18(24)15-9-14(28(20,25)26)7-8-16(15)19/h3-10H,1-2H3,(H,21,22)(H2,20,25,26)/t10-/m1/s1. The Labute approximate surface area is 166 Å². The maximum atomic E-state index is 12.4. The lowest BCUT2D eigenvalue weighted by molar-refractivity contribution is -0.114. The summed E-state index contributed by atoms with van der Waals surface area (Å²) in [7, 11) is -4.04. The number of primary sulfonamides is 1. The van der Waals surface area contributed by atoms with Gasteiger partial charge in [0.1, 0.15) is 0 Å². The molecule has 2 aromatic carbocycles. The molecule has 0 aliphatic heterocycles. The maximum Gasteiger partial charge on any atom is 0.340 e. The van der Waals surface area contributed by atoms with Gasteiger partial charge in [-0.15, -0.1) is 0 Å². The first-order valence-corrected chi connectivity index (χ1v) is 9.86. The molecule has 2 rings (SSSR count). The summed E-state index contributed by atoms with van der Waals surface area (Å²) < 4.78 is 28.0. The van der Waals surface area contributed by atoms with Crippen molar-refractivity contribution in [2.24, 2.45) is 5.14 Å². The van der Waals surface area contributed by atoms with Crippen molar-refractivity contribution in [3.05, 3.63) is 58.6 Å². The number of hydrogen-bond donors (Lipinski definition) is 2. The number of amides is 1. The molecule has 8 nitrogen and oxygen atoms in total. The number of carbonyl (C=O) groups is 3. The largest absolute Gasteiger partial charge is 0.451 e. The number of benzene rings is 2. The number of ketones is 1. The number of halogens is 1. The molecule has 0 bridgehead atoms. The van der Waals surface area contributed by atoms with E-state index in [1.54, 1.807) is 0 Å². The lowest BCUT2D eigenvalue weighted by Gasteiger charge is -2.14. The zero-order chi connectivity index (χ0) is 21.1. The third-order valence-electron chi connectivity index (χ3n) is 3.63. The van der Waals surface area contributed by atoms with Crippen LogP contribution < -0.4 is 10.5 Å². The molecule has 0 unspecified atom stereocenters. The number of sulfonamides is 1. The van der Waals surface area contributed by atoms with Crippen LogP contribution in [0.2, 0.25) is 5.02 Å². The minimum atomic E-state index is -4.04. The fraction of sp³-hybridized carbons (Fsp3) is 0.167. The van der Waals surface area contributed by atoms with Gasteiger partial charge >= 0.3 is 5.97 Å². The number of anilines is 1. The molecule has 0 radical (unpaired) electrons. The average Bonchev–Trinajstić information content (AvgIpc) is 2.60. The van der Waals surface area contributed by atoms with E-state index in [4.69, 9.17) is 21.5 Å². The van der Waals surface area contributed by atoms with Crippen LogP contribution in [-0.4, -0.2) is 32.2 Å². The SMILES string of the molecule is CC(=O)Nc1ccc(C(=O)[C@@H](C)OC(=O)c2cc(S(N)(=O)=O)ccc2Cl)cc1. The van der Waals surface area contributed by atoms with Crippen LogP contribution in [0.4, 0.5) is 5.69 Å². The number of nitrogens with two attached hydrogens (primary N) is 1. The normalized spacial score (nSPS) is 12.1. The summed E-state index contributed by atoms with van der Waals surface area (Å²) in [6, 6.07) is 9.37. The predicted octanol–water partition coefficient (Wildman–Crippen LogP) is 2.37. The first-order chi connectivity index (χ1) is 13.0. The van der Waals surface area contributed by atoms with E-state index < -0.39 is 27.9 Å². The van der Waals surface area contributed by atoms with Gasteiger partial charge in [0.25, 0.3) is 0 Å². The van der Waals surface area contributed by atoms with Crippen molar-refractivity contribution in [1.29, 1.82) is 0 Å². The molecule has 0 aliphatic carbocycles. The molecule has 28 heavy (non-hydrogen) atoms. The van der Waals surface area contributed by atoms with Crippen LogP contribution in [0.1, 0.15) is 34.6 Å². The van der Waals surface area contributed by atoms with Gasteiger partial charge in [-0.3, -0.25) is 9.59 Å². The minimum Gasteiger partial charge on any atom is -0.451 e. The Morgan fingerprint density at radius 2 is 1.71 bits per heavy atom. The number of carbonyl (C=O) groups excluding carboxylic acids is 3. The van der Waals surface area contributed by atoms with Crippen molar-refractivity contribution in [3.8, 4) is 0 Å². The van der Waals surface area contributed by atoms with E-state index in [1.807, 2.05) is 0 Å². The summed E-state index contributed by atoms with van der Waals surface area (Å²) in [4.78, 5) is 35.5. The molecule has 0 saturated heterocycles. The third kappa shape index (κ3) is 5.38. The van der Waals surface area contributed by atoms with E-state index in [1.165, 1.54) is 44.2 Å². The Morgan fingerprint density at radius 3 is 2.25 bits per heavy atom. The van der Waals surface area contributed by atoms with Crippen molar-refractivity contribution in [2.75, 3.05) is 5.32 Å². The number of Topliss-reactive ketones (excluding diaryl/α,β-unsaturated/α-hetero) is 1. The van der Waals surface area contributed by atoms with Crippen LogP contribution in [0.15, 0.2) is 47.4 Å². The Balaban J connectivity index is 2.16. The summed E-state index contributed by atoms with van der Waals surface area (Å²) in [5.41, 5.74) is 0.549. The first-order valence-electron chi connectivity index (χ1n) is 7.94. The summed E-state index contributed by atoms with van der Waals surface area (Å²) in [5.74, 6) is -1.70. The Kier molecular flexibility index (Phi) is 6.55. The molecule has 10 heteroatoms. The van der Waals surface area contributed by atoms with Gasteiger partial charge in [-0.1, -0.05) is 11.6 Å². The molecule has 148 valence electrons. The molecule has 3 N–H and O–H groups in total. The molecular formula is C18H17ClN2O6S. The topological polar surface area (TPSA) is 133 Å².